The summed E-state index contributed by atoms with van der Waals surface area (Å²) < 4.78 is 28.2. The number of nitrogens with zero attached hydrogens (tertiary/aromatic N) is 4. The zero-order valence-corrected chi connectivity index (χ0v) is 23.0. The van der Waals surface area contributed by atoms with E-state index in [0.717, 1.165) is 5.69 Å². The molecular formula is C29H32F2N6O3. The Morgan fingerprint density at radius 2 is 1.85 bits per heavy atom. The van der Waals surface area contributed by atoms with Crippen molar-refractivity contribution in [3.05, 3.63) is 87.6 Å². The minimum atomic E-state index is -3.34. The highest BCUT2D eigenvalue weighted by Gasteiger charge is 2.30. The Balaban J connectivity index is 1.67. The number of pyridine rings is 1. The lowest BCUT2D eigenvalue weighted by molar-refractivity contribution is -0.127. The molecular weight excluding hydrogens is 518 g/mol. The largest absolute Gasteiger partial charge is 0.390 e. The van der Waals surface area contributed by atoms with E-state index in [1.54, 1.807) is 39.3 Å². The van der Waals surface area contributed by atoms with E-state index in [1.807, 2.05) is 37.1 Å². The molecule has 2 heterocycles. The van der Waals surface area contributed by atoms with Crippen LogP contribution in [0.5, 0.6) is 0 Å². The van der Waals surface area contributed by atoms with E-state index in [1.165, 1.54) is 23.1 Å². The standard InChI is InChI=1S/C29H32F2N6O3/c1-17(19-7-6-8-21(11-19)29(30,31)16-38)33-27-24-14-22(9-10-25(24)34-18(2)35-27)37(5)23-12-20(28(40)32-15-23)13-26(39)36(3)4/h6-12,14-15,17,38H,13,16H2,1-5H3,(H,32,40)(H,33,34,35)/t17-/m1/s1. The van der Waals surface area contributed by atoms with E-state index in [4.69, 9.17) is 5.11 Å². The normalized spacial score (nSPS) is 12.3. The summed E-state index contributed by atoms with van der Waals surface area (Å²) in [5.41, 5.74) is 2.52. The molecule has 1 amide bonds. The SMILES string of the molecule is Cc1nc(N[C@H](C)c2cccc(C(F)(F)CO)c2)c2cc(N(C)c3c[nH]c(=O)c(CC(=O)N(C)C)c3)ccc2n1. The van der Waals surface area contributed by atoms with E-state index in [0.29, 0.717) is 39.4 Å². The third-order valence-corrected chi connectivity index (χ3v) is 6.73. The maximum Gasteiger partial charge on any atom is 0.295 e. The van der Waals surface area contributed by atoms with Gasteiger partial charge in [-0.3, -0.25) is 9.59 Å². The van der Waals surface area contributed by atoms with Crippen LogP contribution in [0.4, 0.5) is 26.0 Å². The fourth-order valence-corrected chi connectivity index (χ4v) is 4.28. The highest BCUT2D eigenvalue weighted by molar-refractivity contribution is 5.92. The Hall–Kier alpha value is -4.38. The molecule has 0 unspecified atom stereocenters. The van der Waals surface area contributed by atoms with Crippen molar-refractivity contribution in [2.24, 2.45) is 0 Å². The molecule has 4 rings (SSSR count). The zero-order valence-electron chi connectivity index (χ0n) is 23.0. The van der Waals surface area contributed by atoms with E-state index >= 15 is 0 Å². The number of alkyl halides is 2. The number of benzene rings is 2. The quantitative estimate of drug-likeness (QED) is 0.285. The van der Waals surface area contributed by atoms with Crippen molar-refractivity contribution in [1.82, 2.24) is 19.9 Å². The second-order valence-electron chi connectivity index (χ2n) is 9.91. The molecule has 0 aliphatic rings. The molecule has 11 heteroatoms. The number of aromatic amines is 1. The molecule has 2 aromatic carbocycles. The smallest absolute Gasteiger partial charge is 0.295 e. The van der Waals surface area contributed by atoms with Crippen LogP contribution in [0.2, 0.25) is 0 Å². The third-order valence-electron chi connectivity index (χ3n) is 6.73. The highest BCUT2D eigenvalue weighted by atomic mass is 19.3. The zero-order chi connectivity index (χ0) is 29.2. The topological polar surface area (TPSA) is 114 Å². The van der Waals surface area contributed by atoms with Crippen molar-refractivity contribution >= 4 is 34.0 Å². The number of aliphatic hydroxyl groups excluding tert-OH is 1. The van der Waals surface area contributed by atoms with Crippen LogP contribution < -0.4 is 15.8 Å². The van der Waals surface area contributed by atoms with Crippen molar-refractivity contribution < 1.29 is 18.7 Å². The van der Waals surface area contributed by atoms with Gasteiger partial charge in [0.15, 0.2) is 0 Å². The molecule has 3 N–H and O–H groups in total. The number of carbonyl (C=O) groups is 1. The molecule has 0 saturated heterocycles. The van der Waals surface area contributed by atoms with Gasteiger partial charge in [-0.15, -0.1) is 0 Å². The Kier molecular flexibility index (Phi) is 8.15. The fraction of sp³-hybridized carbons (Fsp3) is 0.310. The van der Waals surface area contributed by atoms with Gasteiger partial charge >= 0.3 is 0 Å². The Morgan fingerprint density at radius 1 is 1.10 bits per heavy atom. The maximum absolute atomic E-state index is 14.1. The van der Waals surface area contributed by atoms with E-state index in [9.17, 15) is 18.4 Å². The van der Waals surface area contributed by atoms with Gasteiger partial charge in [-0.25, -0.2) is 9.97 Å². The number of halogens is 2. The Bertz CT molecular complexity index is 1600. The van der Waals surface area contributed by atoms with Gasteiger partial charge in [-0.2, -0.15) is 8.78 Å². The summed E-state index contributed by atoms with van der Waals surface area (Å²) in [6, 6.07) is 12.9. The molecule has 0 radical (unpaired) electrons. The minimum absolute atomic E-state index is 0.0216. The first-order valence-electron chi connectivity index (χ1n) is 12.7. The molecule has 40 heavy (non-hydrogen) atoms. The van der Waals surface area contributed by atoms with E-state index in [2.05, 4.69) is 20.3 Å². The van der Waals surface area contributed by atoms with Gasteiger partial charge < -0.3 is 25.2 Å². The lowest BCUT2D eigenvalue weighted by Crippen LogP contribution is -2.27. The van der Waals surface area contributed by atoms with Gasteiger partial charge in [0, 0.05) is 55.6 Å². The molecule has 4 aromatic rings. The van der Waals surface area contributed by atoms with Crippen molar-refractivity contribution in [1.29, 1.82) is 0 Å². The molecule has 0 aliphatic heterocycles. The summed E-state index contributed by atoms with van der Waals surface area (Å²) >= 11 is 0. The molecule has 210 valence electrons. The van der Waals surface area contributed by atoms with Gasteiger partial charge in [0.05, 0.1) is 17.6 Å². The number of fused-ring (bicyclic) bond motifs is 1. The molecule has 0 saturated carbocycles. The number of aliphatic hydroxyl groups is 1. The van der Waals surface area contributed by atoms with Crippen molar-refractivity contribution in [3.63, 3.8) is 0 Å². The number of aromatic nitrogens is 3. The van der Waals surface area contributed by atoms with Gasteiger partial charge in [-0.1, -0.05) is 18.2 Å². The van der Waals surface area contributed by atoms with E-state index < -0.39 is 12.5 Å². The van der Waals surface area contributed by atoms with Gasteiger partial charge in [-0.05, 0) is 49.7 Å². The third kappa shape index (κ3) is 6.09. The number of hydrogen-bond donors (Lipinski definition) is 3. The summed E-state index contributed by atoms with van der Waals surface area (Å²) in [4.78, 5) is 39.7. The highest BCUT2D eigenvalue weighted by Crippen LogP contribution is 2.33. The number of nitrogens with one attached hydrogen (secondary N) is 2. The van der Waals surface area contributed by atoms with Crippen LogP contribution >= 0.6 is 0 Å². The van der Waals surface area contributed by atoms with Gasteiger partial charge in [0.2, 0.25) is 5.91 Å². The maximum atomic E-state index is 14.1. The second-order valence-corrected chi connectivity index (χ2v) is 9.91. The first kappa shape index (κ1) is 28.6. The van der Waals surface area contributed by atoms with Gasteiger partial charge in [0.25, 0.3) is 11.5 Å². The molecule has 0 spiro atoms. The number of carbonyl (C=O) groups excluding carboxylic acids is 1. The number of anilines is 3. The van der Waals surface area contributed by atoms with Crippen LogP contribution in [-0.4, -0.2) is 58.6 Å². The molecule has 9 nitrogen and oxygen atoms in total. The molecule has 0 aliphatic carbocycles. The number of amides is 1. The summed E-state index contributed by atoms with van der Waals surface area (Å²) in [5.74, 6) is -2.45. The molecule has 0 fully saturated rings. The van der Waals surface area contributed by atoms with Crippen LogP contribution in [0.1, 0.15) is 35.5 Å². The number of aryl methyl sites for hydroxylation is 1. The van der Waals surface area contributed by atoms with Crippen molar-refractivity contribution in [2.45, 2.75) is 32.2 Å². The first-order valence-corrected chi connectivity index (χ1v) is 12.7. The summed E-state index contributed by atoms with van der Waals surface area (Å²) in [6.07, 6.45) is 1.56. The second kappa shape index (κ2) is 11.4. The van der Waals surface area contributed by atoms with Crippen LogP contribution in [0.15, 0.2) is 59.5 Å². The minimum Gasteiger partial charge on any atom is -0.390 e. The lowest BCUT2D eigenvalue weighted by Gasteiger charge is -2.22. The van der Waals surface area contributed by atoms with Crippen LogP contribution in [0.3, 0.4) is 0 Å². The predicted octanol–water partition coefficient (Wildman–Crippen LogP) is 4.28. The van der Waals surface area contributed by atoms with Crippen molar-refractivity contribution in [3.8, 4) is 0 Å². The Labute approximate surface area is 230 Å². The lowest BCUT2D eigenvalue weighted by atomic mass is 10.0. The number of likely N-dealkylation sites (N-methyl/N-ethyl adjacent to an activating group) is 1. The van der Waals surface area contributed by atoms with Crippen LogP contribution in [0.25, 0.3) is 10.9 Å². The molecule has 0 bridgehead atoms. The van der Waals surface area contributed by atoms with Crippen molar-refractivity contribution in [2.75, 3.05) is 38.0 Å². The number of rotatable bonds is 9. The summed E-state index contributed by atoms with van der Waals surface area (Å²) in [7, 11) is 5.11. The summed E-state index contributed by atoms with van der Waals surface area (Å²) in [5, 5.41) is 13.1. The summed E-state index contributed by atoms with van der Waals surface area (Å²) in [6.45, 7) is 2.34. The van der Waals surface area contributed by atoms with Crippen LogP contribution in [-0.2, 0) is 17.1 Å². The molecule has 2 aromatic heterocycles. The first-order chi connectivity index (χ1) is 18.9. The van der Waals surface area contributed by atoms with Crippen LogP contribution in [0, 0.1) is 6.92 Å². The van der Waals surface area contributed by atoms with Gasteiger partial charge in [0.1, 0.15) is 18.2 Å². The average molecular weight is 551 g/mol. The fourth-order valence-electron chi connectivity index (χ4n) is 4.28. The van der Waals surface area contributed by atoms with E-state index in [-0.39, 0.29) is 29.5 Å². The molecule has 1 atom stereocenters. The Morgan fingerprint density at radius 3 is 2.55 bits per heavy atom. The average Bonchev–Trinajstić information content (AvgIpc) is 2.93. The monoisotopic (exact) mass is 550 g/mol. The number of H-pyrrole nitrogens is 1. The number of hydrogen-bond acceptors (Lipinski definition) is 7. The predicted molar refractivity (Wildman–Crippen MR) is 151 cm³/mol.